The van der Waals surface area contributed by atoms with Crippen LogP contribution in [0.5, 0.6) is 5.88 Å². The van der Waals surface area contributed by atoms with Crippen molar-refractivity contribution in [1.82, 2.24) is 13.6 Å². The van der Waals surface area contributed by atoms with Crippen LogP contribution in [-0.4, -0.2) is 69.7 Å². The topological polar surface area (TPSA) is 105 Å². The first-order chi connectivity index (χ1) is 15.0. The van der Waals surface area contributed by atoms with E-state index in [1.54, 1.807) is 6.08 Å². The van der Waals surface area contributed by atoms with Crippen LogP contribution in [0.2, 0.25) is 0 Å². The van der Waals surface area contributed by atoms with Gasteiger partial charge in [-0.15, -0.1) is 4.37 Å². The van der Waals surface area contributed by atoms with Gasteiger partial charge in [0.25, 0.3) is 0 Å². The predicted octanol–water partition coefficient (Wildman–Crippen LogP) is 1.83. The smallest absolute Gasteiger partial charge is 0.414 e. The van der Waals surface area contributed by atoms with Crippen LogP contribution in [-0.2, 0) is 9.53 Å². The van der Waals surface area contributed by atoms with Gasteiger partial charge >= 0.3 is 6.09 Å². The minimum Gasteiger partial charge on any atom is -0.472 e. The summed E-state index contributed by atoms with van der Waals surface area (Å²) in [6.45, 7) is -0.105. The Morgan fingerprint density at radius 1 is 1.35 bits per heavy atom. The monoisotopic (exact) mass is 452 g/mol. The largest absolute Gasteiger partial charge is 0.472 e. The van der Waals surface area contributed by atoms with E-state index in [2.05, 4.69) is 8.75 Å². The lowest BCUT2D eigenvalue weighted by atomic mass is 9.97. The highest BCUT2D eigenvalue weighted by molar-refractivity contribution is 6.99. The lowest BCUT2D eigenvalue weighted by Crippen LogP contribution is -2.36. The SMILES string of the molecule is O=C(CO)N1CC=C(c2c(F)cc(N3C[C@H](COc4cnsn4)OC3=O)cc2F)CC1. The van der Waals surface area contributed by atoms with E-state index in [-0.39, 0.29) is 43.9 Å². The van der Waals surface area contributed by atoms with Gasteiger partial charge in [-0.25, -0.2) is 13.6 Å². The van der Waals surface area contributed by atoms with Crippen LogP contribution in [0.4, 0.5) is 19.3 Å². The lowest BCUT2D eigenvalue weighted by molar-refractivity contribution is -0.133. The molecule has 1 aromatic heterocycles. The molecule has 2 aliphatic rings. The summed E-state index contributed by atoms with van der Waals surface area (Å²) in [5, 5.41) is 8.93. The molecule has 0 aliphatic carbocycles. The van der Waals surface area contributed by atoms with E-state index < -0.39 is 36.3 Å². The molecule has 1 atom stereocenters. The first-order valence-corrected chi connectivity index (χ1v) is 10.1. The fourth-order valence-corrected chi connectivity index (χ4v) is 3.83. The molecule has 1 N–H and O–H groups in total. The van der Waals surface area contributed by atoms with Crippen LogP contribution < -0.4 is 9.64 Å². The number of hydrogen-bond donors (Lipinski definition) is 1. The zero-order valence-corrected chi connectivity index (χ0v) is 17.0. The van der Waals surface area contributed by atoms with E-state index >= 15 is 0 Å². The third kappa shape index (κ3) is 4.49. The van der Waals surface area contributed by atoms with Crippen molar-refractivity contribution in [2.24, 2.45) is 0 Å². The van der Waals surface area contributed by atoms with Crippen molar-refractivity contribution in [3.05, 3.63) is 41.6 Å². The van der Waals surface area contributed by atoms with Crippen LogP contribution in [0.1, 0.15) is 12.0 Å². The Bertz CT molecular complexity index is 994. The highest BCUT2D eigenvalue weighted by atomic mass is 32.1. The Morgan fingerprint density at radius 3 is 2.74 bits per heavy atom. The Labute approximate surface area is 179 Å². The van der Waals surface area contributed by atoms with Crippen molar-refractivity contribution in [3.63, 3.8) is 0 Å². The maximum atomic E-state index is 14.8. The number of nitrogens with zero attached hydrogens (tertiary/aromatic N) is 4. The van der Waals surface area contributed by atoms with E-state index in [4.69, 9.17) is 14.6 Å². The number of ether oxygens (including phenoxy) is 2. The average molecular weight is 452 g/mol. The van der Waals surface area contributed by atoms with Gasteiger partial charge in [-0.05, 0) is 24.1 Å². The summed E-state index contributed by atoms with van der Waals surface area (Å²) in [5.41, 5.74) is 0.272. The Kier molecular flexibility index (Phi) is 6.09. The number of cyclic esters (lactones) is 1. The van der Waals surface area contributed by atoms with Gasteiger partial charge < -0.3 is 19.5 Å². The van der Waals surface area contributed by atoms with Crippen molar-refractivity contribution >= 4 is 35.0 Å². The van der Waals surface area contributed by atoms with Crippen LogP contribution in [0, 0.1) is 11.6 Å². The first-order valence-electron chi connectivity index (χ1n) is 9.42. The summed E-state index contributed by atoms with van der Waals surface area (Å²) < 4.78 is 47.9. The predicted molar refractivity (Wildman–Crippen MR) is 106 cm³/mol. The van der Waals surface area contributed by atoms with Crippen LogP contribution in [0.25, 0.3) is 5.57 Å². The Hall–Kier alpha value is -3.12. The van der Waals surface area contributed by atoms with Gasteiger partial charge in [0.05, 0.1) is 24.0 Å². The molecule has 2 aromatic rings. The number of benzene rings is 1. The minimum absolute atomic E-state index is 0.0344. The Morgan fingerprint density at radius 2 is 2.13 bits per heavy atom. The van der Waals surface area contributed by atoms with Crippen LogP contribution >= 0.6 is 11.7 Å². The highest BCUT2D eigenvalue weighted by Crippen LogP contribution is 2.32. The number of halogens is 2. The normalized spacial score (nSPS) is 18.7. The summed E-state index contributed by atoms with van der Waals surface area (Å²) in [6.07, 6.45) is 1.88. The lowest BCUT2D eigenvalue weighted by Gasteiger charge is -2.26. The van der Waals surface area contributed by atoms with E-state index in [1.807, 2.05) is 0 Å². The molecule has 9 nitrogen and oxygen atoms in total. The van der Waals surface area contributed by atoms with Gasteiger partial charge in [0.15, 0.2) is 6.10 Å². The molecule has 1 aromatic carbocycles. The number of hydrogen-bond acceptors (Lipinski definition) is 8. The summed E-state index contributed by atoms with van der Waals surface area (Å²) >= 11 is 0.977. The molecule has 1 saturated heterocycles. The first kappa shape index (κ1) is 21.1. The van der Waals surface area contributed by atoms with E-state index in [9.17, 15) is 18.4 Å². The molecular formula is C19H18F2N4O5S. The van der Waals surface area contributed by atoms with Crippen molar-refractivity contribution in [3.8, 4) is 5.88 Å². The number of anilines is 1. The van der Waals surface area contributed by atoms with E-state index in [0.717, 1.165) is 28.8 Å². The zero-order chi connectivity index (χ0) is 22.0. The second-order valence-corrected chi connectivity index (χ2v) is 7.49. The second kappa shape index (κ2) is 8.94. The third-order valence-corrected chi connectivity index (χ3v) is 5.45. The molecule has 2 aliphatic heterocycles. The molecule has 0 bridgehead atoms. The van der Waals surface area contributed by atoms with Crippen molar-refractivity contribution in [2.45, 2.75) is 12.5 Å². The standard InChI is InChI=1S/C19H18F2N4O5S/c20-14-5-12(25-8-13(30-19(25)28)10-29-16-7-22-31-23-16)6-15(21)18(14)11-1-3-24(4-2-11)17(27)9-26/h1,5-7,13,26H,2-4,8-10H2/t13-/m1/s1. The van der Waals surface area contributed by atoms with Gasteiger partial charge in [0.2, 0.25) is 11.8 Å². The van der Waals surface area contributed by atoms with Crippen LogP contribution in [0.3, 0.4) is 0 Å². The number of carbonyl (C=O) groups is 2. The maximum absolute atomic E-state index is 14.8. The summed E-state index contributed by atoms with van der Waals surface area (Å²) in [4.78, 5) is 26.3. The molecule has 2 amide bonds. The second-order valence-electron chi connectivity index (χ2n) is 6.93. The molecular weight excluding hydrogens is 434 g/mol. The Balaban J connectivity index is 1.46. The molecule has 31 heavy (non-hydrogen) atoms. The molecule has 164 valence electrons. The van der Waals surface area contributed by atoms with Gasteiger partial charge in [0, 0.05) is 18.7 Å². The molecule has 0 unspecified atom stereocenters. The summed E-state index contributed by atoms with van der Waals surface area (Å²) in [5.74, 6) is -1.77. The van der Waals surface area contributed by atoms with Crippen molar-refractivity contribution < 1.29 is 33.0 Å². The fourth-order valence-electron chi connectivity index (χ4n) is 3.46. The molecule has 4 rings (SSSR count). The molecule has 12 heteroatoms. The van der Waals surface area contributed by atoms with Gasteiger partial charge in [-0.3, -0.25) is 9.69 Å². The highest BCUT2D eigenvalue weighted by Gasteiger charge is 2.34. The molecule has 0 saturated carbocycles. The average Bonchev–Trinajstić information content (AvgIpc) is 3.41. The molecule has 0 radical (unpaired) electrons. The summed E-state index contributed by atoms with van der Waals surface area (Å²) in [6, 6.07) is 2.17. The van der Waals surface area contributed by atoms with Crippen molar-refractivity contribution in [1.29, 1.82) is 0 Å². The molecule has 1 fully saturated rings. The number of amides is 2. The zero-order valence-electron chi connectivity index (χ0n) is 16.2. The molecule has 0 spiro atoms. The third-order valence-electron chi connectivity index (χ3n) is 4.99. The number of aromatic nitrogens is 2. The number of aliphatic hydroxyl groups is 1. The van der Waals surface area contributed by atoms with Gasteiger partial charge in [-0.1, -0.05) is 6.08 Å². The number of aliphatic hydroxyl groups excluding tert-OH is 1. The van der Waals surface area contributed by atoms with E-state index in [0.29, 0.717) is 11.5 Å². The maximum Gasteiger partial charge on any atom is 0.414 e. The molecule has 3 heterocycles. The quantitative estimate of drug-likeness (QED) is 0.713. The minimum atomic E-state index is -0.816. The van der Waals surface area contributed by atoms with Crippen LogP contribution in [0.15, 0.2) is 24.4 Å². The van der Waals surface area contributed by atoms with Gasteiger partial charge in [-0.2, -0.15) is 4.37 Å². The number of carbonyl (C=O) groups excluding carboxylic acids is 2. The fraction of sp³-hybridized carbons (Fsp3) is 0.368. The summed E-state index contributed by atoms with van der Waals surface area (Å²) in [7, 11) is 0. The van der Waals surface area contributed by atoms with Gasteiger partial charge in [0.1, 0.15) is 31.0 Å². The number of rotatable bonds is 6. The van der Waals surface area contributed by atoms with Crippen molar-refractivity contribution in [2.75, 3.05) is 37.7 Å². The van der Waals surface area contributed by atoms with E-state index in [1.165, 1.54) is 11.1 Å².